The molecule has 1 aliphatic heterocycles. The normalized spacial score (nSPS) is 17.6. The van der Waals surface area contributed by atoms with Gasteiger partial charge in [-0.3, -0.25) is 4.79 Å². The predicted octanol–water partition coefficient (Wildman–Crippen LogP) is 2.75. The first-order valence-electron chi connectivity index (χ1n) is 7.55. The van der Waals surface area contributed by atoms with Gasteiger partial charge >= 0.3 is 0 Å². The highest BCUT2D eigenvalue weighted by Crippen LogP contribution is 2.28. The van der Waals surface area contributed by atoms with Crippen LogP contribution in [0.5, 0.6) is 0 Å². The van der Waals surface area contributed by atoms with Gasteiger partial charge in [0.1, 0.15) is 11.5 Å². The Morgan fingerprint density at radius 2 is 2.10 bits per heavy atom. The average Bonchev–Trinajstić information content (AvgIpc) is 2.90. The van der Waals surface area contributed by atoms with E-state index in [0.29, 0.717) is 11.6 Å². The third kappa shape index (κ3) is 2.99. The van der Waals surface area contributed by atoms with Crippen molar-refractivity contribution in [1.29, 1.82) is 0 Å². The molecule has 3 rings (SSSR count). The van der Waals surface area contributed by atoms with Crippen LogP contribution in [-0.4, -0.2) is 21.5 Å². The summed E-state index contributed by atoms with van der Waals surface area (Å²) in [5.74, 6) is 1.45. The Kier molecular flexibility index (Phi) is 3.78. The molecule has 4 heteroatoms. The van der Waals surface area contributed by atoms with Crippen molar-refractivity contribution in [2.45, 2.75) is 45.2 Å². The molecule has 4 nitrogen and oxygen atoms in total. The maximum absolute atomic E-state index is 12.0. The van der Waals surface area contributed by atoms with E-state index in [-0.39, 0.29) is 11.9 Å². The molecule has 1 aromatic carbocycles. The van der Waals surface area contributed by atoms with E-state index < -0.39 is 0 Å². The van der Waals surface area contributed by atoms with Gasteiger partial charge in [-0.2, -0.15) is 0 Å². The zero-order valence-corrected chi connectivity index (χ0v) is 12.5. The highest BCUT2D eigenvalue weighted by Gasteiger charge is 2.23. The quantitative estimate of drug-likeness (QED) is 0.941. The Morgan fingerprint density at radius 1 is 1.33 bits per heavy atom. The zero-order valence-electron chi connectivity index (χ0n) is 12.5. The summed E-state index contributed by atoms with van der Waals surface area (Å²) in [6.45, 7) is 4.82. The third-order valence-corrected chi connectivity index (χ3v) is 3.92. The summed E-state index contributed by atoms with van der Waals surface area (Å²) in [7, 11) is 0. The number of aryl methyl sites for hydroxylation is 1. The number of carbonyl (C=O) groups is 1. The van der Waals surface area contributed by atoms with Crippen LogP contribution in [0, 0.1) is 0 Å². The summed E-state index contributed by atoms with van der Waals surface area (Å²) in [6.07, 6.45) is 3.91. The second-order valence-electron chi connectivity index (χ2n) is 5.97. The van der Waals surface area contributed by atoms with Crippen molar-refractivity contribution in [3.63, 3.8) is 0 Å². The molecule has 0 spiro atoms. The van der Waals surface area contributed by atoms with Crippen molar-refractivity contribution in [2.24, 2.45) is 0 Å². The number of nitrogens with one attached hydrogen (secondary N) is 1. The van der Waals surface area contributed by atoms with Crippen molar-refractivity contribution in [3.05, 3.63) is 53.6 Å². The first kappa shape index (κ1) is 13.9. The Hall–Kier alpha value is -2.10. The summed E-state index contributed by atoms with van der Waals surface area (Å²) in [5, 5.41) is 2.90. The van der Waals surface area contributed by atoms with E-state index in [1.54, 1.807) is 0 Å². The van der Waals surface area contributed by atoms with E-state index in [1.165, 1.54) is 5.56 Å². The van der Waals surface area contributed by atoms with Crippen molar-refractivity contribution < 1.29 is 4.79 Å². The second-order valence-corrected chi connectivity index (χ2v) is 5.97. The molecule has 1 aromatic heterocycles. The Labute approximate surface area is 125 Å². The van der Waals surface area contributed by atoms with E-state index in [9.17, 15) is 4.79 Å². The van der Waals surface area contributed by atoms with Gasteiger partial charge in [0.05, 0.1) is 0 Å². The van der Waals surface area contributed by atoms with Crippen LogP contribution in [0.2, 0.25) is 0 Å². The first-order valence-corrected chi connectivity index (χ1v) is 7.55. The van der Waals surface area contributed by atoms with Gasteiger partial charge in [-0.25, -0.2) is 4.98 Å². The summed E-state index contributed by atoms with van der Waals surface area (Å²) in [4.78, 5) is 16.5. The average molecular weight is 283 g/mol. The standard InChI is InChI=1S/C17H21N3O/c1-12(2)18-17(21)15-11-20-10-14(8-9-16(20)19-15)13-6-4-3-5-7-13/h3-7,11-12,14H,8-10H2,1-2H3,(H,18,21). The number of carbonyl (C=O) groups excluding carboxylic acids is 1. The molecule has 1 unspecified atom stereocenters. The highest BCUT2D eigenvalue weighted by atomic mass is 16.1. The number of amides is 1. The lowest BCUT2D eigenvalue weighted by molar-refractivity contribution is 0.0938. The zero-order chi connectivity index (χ0) is 14.8. The molecule has 0 bridgehead atoms. The lowest BCUT2D eigenvalue weighted by Crippen LogP contribution is -2.30. The molecule has 2 heterocycles. The molecule has 0 radical (unpaired) electrons. The Bertz CT molecular complexity index is 631. The fourth-order valence-corrected chi connectivity index (χ4v) is 2.89. The lowest BCUT2D eigenvalue weighted by Gasteiger charge is -2.23. The predicted molar refractivity (Wildman–Crippen MR) is 82.3 cm³/mol. The van der Waals surface area contributed by atoms with Crippen LogP contribution in [-0.2, 0) is 13.0 Å². The van der Waals surface area contributed by atoms with E-state index in [4.69, 9.17) is 0 Å². The number of imidazole rings is 1. The van der Waals surface area contributed by atoms with E-state index in [0.717, 1.165) is 25.2 Å². The minimum atomic E-state index is -0.0804. The molecule has 0 fully saturated rings. The van der Waals surface area contributed by atoms with Crippen LogP contribution in [0.25, 0.3) is 0 Å². The lowest BCUT2D eigenvalue weighted by atomic mass is 9.92. The minimum Gasteiger partial charge on any atom is -0.348 e. The van der Waals surface area contributed by atoms with Gasteiger partial charge in [0, 0.05) is 31.1 Å². The fourth-order valence-electron chi connectivity index (χ4n) is 2.89. The first-order chi connectivity index (χ1) is 10.1. The van der Waals surface area contributed by atoms with Crippen LogP contribution in [0.15, 0.2) is 36.5 Å². The van der Waals surface area contributed by atoms with Gasteiger partial charge in [-0.05, 0) is 25.8 Å². The van der Waals surface area contributed by atoms with Crippen LogP contribution < -0.4 is 5.32 Å². The highest BCUT2D eigenvalue weighted by molar-refractivity contribution is 5.92. The number of aromatic nitrogens is 2. The van der Waals surface area contributed by atoms with E-state index >= 15 is 0 Å². The maximum atomic E-state index is 12.0. The summed E-state index contributed by atoms with van der Waals surface area (Å²) < 4.78 is 2.14. The molecule has 110 valence electrons. The van der Waals surface area contributed by atoms with Crippen LogP contribution in [0.3, 0.4) is 0 Å². The monoisotopic (exact) mass is 283 g/mol. The second kappa shape index (κ2) is 5.72. The third-order valence-electron chi connectivity index (χ3n) is 3.92. The number of hydrogen-bond acceptors (Lipinski definition) is 2. The van der Waals surface area contributed by atoms with Crippen molar-refractivity contribution in [3.8, 4) is 0 Å². The molecule has 21 heavy (non-hydrogen) atoms. The van der Waals surface area contributed by atoms with E-state index in [2.05, 4.69) is 39.1 Å². The van der Waals surface area contributed by atoms with Crippen molar-refractivity contribution >= 4 is 5.91 Å². The summed E-state index contributed by atoms with van der Waals surface area (Å²) in [6, 6.07) is 10.7. The Morgan fingerprint density at radius 3 is 2.81 bits per heavy atom. The van der Waals surface area contributed by atoms with Gasteiger partial charge in [0.25, 0.3) is 5.91 Å². The number of benzene rings is 1. The van der Waals surface area contributed by atoms with Crippen LogP contribution in [0.4, 0.5) is 0 Å². The number of fused-ring (bicyclic) bond motifs is 1. The van der Waals surface area contributed by atoms with Gasteiger partial charge in [0.15, 0.2) is 0 Å². The number of rotatable bonds is 3. The summed E-state index contributed by atoms with van der Waals surface area (Å²) in [5.41, 5.74) is 1.90. The van der Waals surface area contributed by atoms with Crippen molar-refractivity contribution in [1.82, 2.24) is 14.9 Å². The SMILES string of the molecule is CC(C)NC(=O)c1cn2c(n1)CCC(c1ccccc1)C2. The molecular formula is C17H21N3O. The molecule has 0 aliphatic carbocycles. The molecule has 2 aromatic rings. The molecule has 0 saturated carbocycles. The molecule has 1 amide bonds. The van der Waals surface area contributed by atoms with Gasteiger partial charge in [-0.1, -0.05) is 30.3 Å². The molecule has 0 saturated heterocycles. The fraction of sp³-hybridized carbons (Fsp3) is 0.412. The van der Waals surface area contributed by atoms with Crippen LogP contribution in [0.1, 0.15) is 48.1 Å². The largest absolute Gasteiger partial charge is 0.348 e. The molecule has 1 atom stereocenters. The number of nitrogens with zero attached hydrogens (tertiary/aromatic N) is 2. The smallest absolute Gasteiger partial charge is 0.271 e. The maximum Gasteiger partial charge on any atom is 0.271 e. The molecular weight excluding hydrogens is 262 g/mol. The minimum absolute atomic E-state index is 0.0804. The number of hydrogen-bond donors (Lipinski definition) is 1. The van der Waals surface area contributed by atoms with Gasteiger partial charge in [-0.15, -0.1) is 0 Å². The van der Waals surface area contributed by atoms with E-state index in [1.807, 2.05) is 26.1 Å². The van der Waals surface area contributed by atoms with Crippen molar-refractivity contribution in [2.75, 3.05) is 0 Å². The Balaban J connectivity index is 1.78. The molecule has 1 aliphatic rings. The topological polar surface area (TPSA) is 46.9 Å². The van der Waals surface area contributed by atoms with Crippen LogP contribution >= 0.6 is 0 Å². The summed E-state index contributed by atoms with van der Waals surface area (Å²) >= 11 is 0. The van der Waals surface area contributed by atoms with Gasteiger partial charge < -0.3 is 9.88 Å². The van der Waals surface area contributed by atoms with Gasteiger partial charge in [0.2, 0.25) is 0 Å². The molecule has 1 N–H and O–H groups in total.